The number of aromatic nitrogens is 3. The van der Waals surface area contributed by atoms with Crippen LogP contribution in [0.5, 0.6) is 0 Å². The second-order valence-electron chi connectivity index (χ2n) is 2.70. The Morgan fingerprint density at radius 2 is 2.46 bits per heavy atom. The number of aliphatic hydroxyl groups is 1. The molecule has 0 saturated heterocycles. The van der Waals surface area contributed by atoms with Gasteiger partial charge in [0.05, 0.1) is 30.4 Å². The lowest BCUT2D eigenvalue weighted by molar-refractivity contribution is 0.276. The van der Waals surface area contributed by atoms with E-state index in [2.05, 4.69) is 9.97 Å². The number of fused-ring (bicyclic) bond motifs is 1. The highest BCUT2D eigenvalue weighted by atomic mass is 16.3. The first-order valence-corrected chi connectivity index (χ1v) is 3.96. The minimum atomic E-state index is -0.211. The van der Waals surface area contributed by atoms with Crippen LogP contribution in [0.3, 0.4) is 0 Å². The van der Waals surface area contributed by atoms with Crippen LogP contribution in [0, 0.1) is 0 Å². The van der Waals surface area contributed by atoms with Crippen molar-refractivity contribution >= 4 is 11.0 Å². The van der Waals surface area contributed by atoms with Crippen molar-refractivity contribution in [2.45, 2.75) is 6.54 Å². The molecule has 2 heterocycles. The van der Waals surface area contributed by atoms with Crippen LogP contribution in [0.15, 0.2) is 23.3 Å². The third-order valence-corrected chi connectivity index (χ3v) is 1.90. The van der Waals surface area contributed by atoms with E-state index in [9.17, 15) is 4.79 Å². The van der Waals surface area contributed by atoms with Crippen molar-refractivity contribution in [3.8, 4) is 0 Å². The van der Waals surface area contributed by atoms with Crippen molar-refractivity contribution in [2.24, 2.45) is 0 Å². The lowest BCUT2D eigenvalue weighted by atomic mass is 10.4. The van der Waals surface area contributed by atoms with Crippen LogP contribution in [-0.2, 0) is 6.54 Å². The minimum absolute atomic E-state index is 0.0538. The molecule has 5 nitrogen and oxygen atoms in total. The fourth-order valence-corrected chi connectivity index (χ4v) is 1.32. The van der Waals surface area contributed by atoms with Crippen LogP contribution in [0.1, 0.15) is 0 Å². The number of nitrogens with one attached hydrogen (secondary N) is 1. The molecule has 0 radical (unpaired) electrons. The predicted octanol–water partition coefficient (Wildman–Crippen LogP) is -0.283. The molecule has 0 fully saturated rings. The van der Waals surface area contributed by atoms with Crippen molar-refractivity contribution in [3.05, 3.63) is 28.9 Å². The molecule has 68 valence electrons. The van der Waals surface area contributed by atoms with E-state index >= 15 is 0 Å². The van der Waals surface area contributed by atoms with Crippen molar-refractivity contribution < 1.29 is 5.11 Å². The summed E-state index contributed by atoms with van der Waals surface area (Å²) in [4.78, 5) is 17.9. The van der Waals surface area contributed by atoms with E-state index in [-0.39, 0.29) is 12.3 Å². The molecular formula is C8H9N3O2. The second-order valence-corrected chi connectivity index (χ2v) is 2.70. The molecular weight excluding hydrogens is 170 g/mol. The molecule has 0 aliphatic rings. The third kappa shape index (κ3) is 1.23. The Labute approximate surface area is 73.7 Å². The summed E-state index contributed by atoms with van der Waals surface area (Å²) in [6, 6.07) is 1.73. The maximum absolute atomic E-state index is 11.3. The maximum atomic E-state index is 11.3. The monoisotopic (exact) mass is 179 g/mol. The first-order valence-electron chi connectivity index (χ1n) is 3.96. The smallest absolute Gasteiger partial charge is 0.326 e. The van der Waals surface area contributed by atoms with Crippen molar-refractivity contribution in [1.82, 2.24) is 14.5 Å². The molecule has 13 heavy (non-hydrogen) atoms. The summed E-state index contributed by atoms with van der Waals surface area (Å²) in [6.07, 6.45) is 3.21. The van der Waals surface area contributed by atoms with Gasteiger partial charge in [0.1, 0.15) is 0 Å². The molecule has 0 bridgehead atoms. The summed E-state index contributed by atoms with van der Waals surface area (Å²) in [6.45, 7) is 0.242. The zero-order valence-corrected chi connectivity index (χ0v) is 6.90. The van der Waals surface area contributed by atoms with Gasteiger partial charge in [-0.2, -0.15) is 0 Å². The zero-order chi connectivity index (χ0) is 9.26. The van der Waals surface area contributed by atoms with Crippen LogP contribution in [0.25, 0.3) is 11.0 Å². The molecule has 0 spiro atoms. The highest BCUT2D eigenvalue weighted by molar-refractivity contribution is 5.73. The number of hydrogen-bond donors (Lipinski definition) is 2. The van der Waals surface area contributed by atoms with Gasteiger partial charge in [0, 0.05) is 6.20 Å². The van der Waals surface area contributed by atoms with Gasteiger partial charge in [-0.05, 0) is 6.07 Å². The second kappa shape index (κ2) is 3.02. The van der Waals surface area contributed by atoms with E-state index in [1.54, 1.807) is 18.5 Å². The van der Waals surface area contributed by atoms with Gasteiger partial charge in [0.15, 0.2) is 0 Å². The number of hydrogen-bond acceptors (Lipinski definition) is 3. The number of imidazole rings is 1. The number of rotatable bonds is 2. The highest BCUT2D eigenvalue weighted by Crippen LogP contribution is 2.05. The van der Waals surface area contributed by atoms with E-state index in [0.29, 0.717) is 6.54 Å². The van der Waals surface area contributed by atoms with Gasteiger partial charge in [-0.1, -0.05) is 0 Å². The van der Waals surface area contributed by atoms with Crippen molar-refractivity contribution in [3.63, 3.8) is 0 Å². The maximum Gasteiger partial charge on any atom is 0.326 e. The molecule has 0 aromatic carbocycles. The molecule has 0 unspecified atom stereocenters. The van der Waals surface area contributed by atoms with Crippen molar-refractivity contribution in [1.29, 1.82) is 0 Å². The van der Waals surface area contributed by atoms with E-state index in [1.807, 2.05) is 0 Å². The van der Waals surface area contributed by atoms with E-state index < -0.39 is 0 Å². The average molecular weight is 179 g/mol. The summed E-state index contributed by atoms with van der Waals surface area (Å²) in [5, 5.41) is 8.73. The minimum Gasteiger partial charge on any atom is -0.395 e. The van der Waals surface area contributed by atoms with E-state index in [1.165, 1.54) is 4.57 Å². The Hall–Kier alpha value is -1.62. The number of aliphatic hydroxyl groups excluding tert-OH is 1. The summed E-state index contributed by atoms with van der Waals surface area (Å²) in [5.74, 6) is 0. The van der Waals surface area contributed by atoms with Gasteiger partial charge < -0.3 is 10.1 Å². The van der Waals surface area contributed by atoms with Gasteiger partial charge in [0.25, 0.3) is 0 Å². The lowest BCUT2D eigenvalue weighted by Crippen LogP contribution is -2.18. The van der Waals surface area contributed by atoms with Crippen LogP contribution in [0.2, 0.25) is 0 Å². The fraction of sp³-hybridized carbons (Fsp3) is 0.250. The summed E-state index contributed by atoms with van der Waals surface area (Å²) >= 11 is 0. The van der Waals surface area contributed by atoms with Gasteiger partial charge >= 0.3 is 5.69 Å². The molecule has 0 aliphatic carbocycles. The molecule has 0 aliphatic heterocycles. The Morgan fingerprint density at radius 1 is 1.62 bits per heavy atom. The van der Waals surface area contributed by atoms with Gasteiger partial charge in [-0.3, -0.25) is 9.55 Å². The number of nitrogens with zero attached hydrogens (tertiary/aromatic N) is 2. The highest BCUT2D eigenvalue weighted by Gasteiger charge is 2.04. The number of H-pyrrole nitrogens is 1. The van der Waals surface area contributed by atoms with Crippen LogP contribution in [0.4, 0.5) is 0 Å². The molecule has 2 aromatic rings. The topological polar surface area (TPSA) is 70.9 Å². The molecule has 0 amide bonds. The first kappa shape index (κ1) is 8.00. The van der Waals surface area contributed by atoms with E-state index in [0.717, 1.165) is 11.0 Å². The van der Waals surface area contributed by atoms with Crippen LogP contribution >= 0.6 is 0 Å². The van der Waals surface area contributed by atoms with Gasteiger partial charge in [-0.25, -0.2) is 4.79 Å². The molecule has 2 rings (SSSR count). The quantitative estimate of drug-likeness (QED) is 0.665. The van der Waals surface area contributed by atoms with Gasteiger partial charge in [-0.15, -0.1) is 0 Å². The Bertz CT molecular complexity index is 471. The molecule has 0 saturated carbocycles. The molecule has 2 N–H and O–H groups in total. The molecule has 0 atom stereocenters. The van der Waals surface area contributed by atoms with Crippen LogP contribution in [-0.4, -0.2) is 26.2 Å². The average Bonchev–Trinajstić information content (AvgIpc) is 2.44. The Kier molecular flexibility index (Phi) is 1.86. The van der Waals surface area contributed by atoms with E-state index in [4.69, 9.17) is 5.11 Å². The normalized spacial score (nSPS) is 10.8. The lowest BCUT2D eigenvalue weighted by Gasteiger charge is -1.97. The summed E-state index contributed by atoms with van der Waals surface area (Å²) < 4.78 is 1.46. The summed E-state index contributed by atoms with van der Waals surface area (Å²) in [7, 11) is 0. The third-order valence-electron chi connectivity index (χ3n) is 1.90. The molecule has 2 aromatic heterocycles. The fourth-order valence-electron chi connectivity index (χ4n) is 1.32. The largest absolute Gasteiger partial charge is 0.395 e. The SMILES string of the molecule is O=c1[nH]c2ccncc2n1CCO. The molecule has 5 heteroatoms. The number of aromatic amines is 1. The Morgan fingerprint density at radius 3 is 3.23 bits per heavy atom. The van der Waals surface area contributed by atoms with Crippen molar-refractivity contribution in [2.75, 3.05) is 6.61 Å². The standard InChI is InChI=1S/C8H9N3O2/c12-4-3-11-7-5-9-2-1-6(7)10-8(11)13/h1-2,5,12H,3-4H2,(H,10,13). The number of pyridine rings is 1. The zero-order valence-electron chi connectivity index (χ0n) is 6.90. The Balaban J connectivity index is 2.71. The van der Waals surface area contributed by atoms with Gasteiger partial charge in [0.2, 0.25) is 0 Å². The van der Waals surface area contributed by atoms with Crippen LogP contribution < -0.4 is 5.69 Å². The predicted molar refractivity (Wildman–Crippen MR) is 47.4 cm³/mol. The first-order chi connectivity index (χ1) is 6.33. The summed E-state index contributed by atoms with van der Waals surface area (Å²) in [5.41, 5.74) is 1.26.